The van der Waals surface area contributed by atoms with Crippen LogP contribution in [0.15, 0.2) is 30.3 Å². The molecule has 6 heteroatoms. The molecule has 6 nitrogen and oxygen atoms in total. The van der Waals surface area contributed by atoms with Gasteiger partial charge in [0.2, 0.25) is 0 Å². The summed E-state index contributed by atoms with van der Waals surface area (Å²) in [5, 5.41) is 10.5. The zero-order valence-corrected chi connectivity index (χ0v) is 9.53. The van der Waals surface area contributed by atoms with E-state index in [0.717, 1.165) is 0 Å². The van der Waals surface area contributed by atoms with Crippen LogP contribution in [0.3, 0.4) is 0 Å². The molecule has 0 aliphatic rings. The van der Waals surface area contributed by atoms with Crippen LogP contribution >= 0.6 is 0 Å². The number of nitrogens with zero attached hydrogens (tertiary/aromatic N) is 3. The first-order chi connectivity index (χ1) is 8.60. The lowest BCUT2D eigenvalue weighted by Gasteiger charge is -2.02. The van der Waals surface area contributed by atoms with Crippen molar-refractivity contribution in [3.63, 3.8) is 0 Å². The second-order valence-electron chi connectivity index (χ2n) is 3.68. The number of nitro groups is 1. The van der Waals surface area contributed by atoms with Gasteiger partial charge < -0.3 is 0 Å². The zero-order valence-electron chi connectivity index (χ0n) is 9.53. The second-order valence-corrected chi connectivity index (χ2v) is 3.68. The third kappa shape index (κ3) is 2.37. The van der Waals surface area contributed by atoms with E-state index in [1.54, 1.807) is 25.1 Å². The van der Waals surface area contributed by atoms with Crippen LogP contribution in [0.1, 0.15) is 16.2 Å². The predicted molar refractivity (Wildman–Crippen MR) is 64.2 cm³/mol. The fraction of sp³-hybridized carbons (Fsp3) is 0.0833. The Labute approximate surface area is 102 Å². The van der Waals surface area contributed by atoms with Gasteiger partial charge in [-0.05, 0) is 25.1 Å². The first-order valence-corrected chi connectivity index (χ1v) is 5.16. The van der Waals surface area contributed by atoms with Crippen LogP contribution in [0.4, 0.5) is 5.69 Å². The minimum atomic E-state index is -0.474. The van der Waals surface area contributed by atoms with E-state index in [9.17, 15) is 14.9 Å². The molecule has 0 amide bonds. The number of hydrogen-bond donors (Lipinski definition) is 0. The molecular weight excluding hydrogens is 234 g/mol. The smallest absolute Gasteiger partial charge is 0.269 e. The highest BCUT2D eigenvalue weighted by molar-refractivity contribution is 5.73. The van der Waals surface area contributed by atoms with E-state index in [0.29, 0.717) is 23.4 Å². The number of carbonyl (C=O) groups excluding carboxylic acids is 1. The van der Waals surface area contributed by atoms with E-state index in [1.165, 1.54) is 12.1 Å². The highest BCUT2D eigenvalue weighted by Gasteiger charge is 2.08. The first-order valence-electron chi connectivity index (χ1n) is 5.16. The number of carbonyl (C=O) groups is 1. The molecule has 90 valence electrons. The van der Waals surface area contributed by atoms with Gasteiger partial charge in [0.1, 0.15) is 5.69 Å². The Morgan fingerprint density at radius 1 is 1.22 bits per heavy atom. The van der Waals surface area contributed by atoms with Crippen molar-refractivity contribution in [3.05, 3.63) is 51.8 Å². The summed E-state index contributed by atoms with van der Waals surface area (Å²) in [6.45, 7) is 1.75. The normalized spacial score (nSPS) is 10.1. The summed E-state index contributed by atoms with van der Waals surface area (Å²) in [4.78, 5) is 29.0. The van der Waals surface area contributed by atoms with Gasteiger partial charge in [0, 0.05) is 23.4 Å². The van der Waals surface area contributed by atoms with Crippen molar-refractivity contribution in [2.75, 3.05) is 0 Å². The summed E-state index contributed by atoms with van der Waals surface area (Å²) < 4.78 is 0. The van der Waals surface area contributed by atoms with Gasteiger partial charge in [-0.3, -0.25) is 14.9 Å². The minimum absolute atomic E-state index is 0.00186. The number of nitro benzene ring substituents is 1. The van der Waals surface area contributed by atoms with Crippen LogP contribution in [0.25, 0.3) is 11.4 Å². The average Bonchev–Trinajstić information content (AvgIpc) is 2.38. The molecule has 0 bridgehead atoms. The quantitative estimate of drug-likeness (QED) is 0.468. The molecule has 2 aromatic rings. The van der Waals surface area contributed by atoms with E-state index in [-0.39, 0.29) is 11.4 Å². The Hall–Kier alpha value is -2.63. The monoisotopic (exact) mass is 243 g/mol. The highest BCUT2D eigenvalue weighted by Crippen LogP contribution is 2.19. The number of aromatic nitrogens is 2. The van der Waals surface area contributed by atoms with Crippen LogP contribution in [-0.4, -0.2) is 21.2 Å². The number of hydrogen-bond acceptors (Lipinski definition) is 5. The Morgan fingerprint density at radius 2 is 1.89 bits per heavy atom. The molecule has 0 saturated heterocycles. The van der Waals surface area contributed by atoms with Crippen molar-refractivity contribution in [2.24, 2.45) is 0 Å². The van der Waals surface area contributed by atoms with Crippen molar-refractivity contribution >= 4 is 12.0 Å². The SMILES string of the molecule is Cc1cc(C=O)nc(-c2ccc([N+](=O)[O-])cc2)n1. The van der Waals surface area contributed by atoms with E-state index in [4.69, 9.17) is 0 Å². The van der Waals surface area contributed by atoms with E-state index in [1.807, 2.05) is 0 Å². The van der Waals surface area contributed by atoms with Gasteiger partial charge in [0.25, 0.3) is 5.69 Å². The third-order valence-corrected chi connectivity index (χ3v) is 2.33. The topological polar surface area (TPSA) is 86.0 Å². The van der Waals surface area contributed by atoms with Crippen molar-refractivity contribution in [3.8, 4) is 11.4 Å². The molecule has 0 saturated carbocycles. The van der Waals surface area contributed by atoms with E-state index < -0.39 is 4.92 Å². The van der Waals surface area contributed by atoms with Crippen molar-refractivity contribution in [1.29, 1.82) is 0 Å². The van der Waals surface area contributed by atoms with Gasteiger partial charge in [0.05, 0.1) is 4.92 Å². The molecule has 0 aliphatic carbocycles. The predicted octanol–water partition coefficient (Wildman–Crippen LogP) is 2.17. The Balaban J connectivity index is 2.45. The second kappa shape index (κ2) is 4.70. The lowest BCUT2D eigenvalue weighted by atomic mass is 10.2. The molecule has 1 aromatic heterocycles. The van der Waals surface area contributed by atoms with Gasteiger partial charge >= 0.3 is 0 Å². The first kappa shape index (κ1) is 11.8. The van der Waals surface area contributed by atoms with Gasteiger partial charge in [-0.25, -0.2) is 9.97 Å². The van der Waals surface area contributed by atoms with Crippen LogP contribution in [0.2, 0.25) is 0 Å². The number of non-ortho nitro benzene ring substituents is 1. The van der Waals surface area contributed by atoms with Gasteiger partial charge in [-0.2, -0.15) is 0 Å². The largest absolute Gasteiger partial charge is 0.296 e. The molecule has 0 spiro atoms. The van der Waals surface area contributed by atoms with Gasteiger partial charge in [-0.15, -0.1) is 0 Å². The maximum Gasteiger partial charge on any atom is 0.269 e. The van der Waals surface area contributed by atoms with Crippen molar-refractivity contribution < 1.29 is 9.72 Å². The van der Waals surface area contributed by atoms with Crippen molar-refractivity contribution in [1.82, 2.24) is 9.97 Å². The van der Waals surface area contributed by atoms with Crippen molar-refractivity contribution in [2.45, 2.75) is 6.92 Å². The number of aryl methyl sites for hydroxylation is 1. The van der Waals surface area contributed by atoms with Crippen LogP contribution in [0, 0.1) is 17.0 Å². The molecule has 2 rings (SSSR count). The fourth-order valence-electron chi connectivity index (χ4n) is 1.51. The van der Waals surface area contributed by atoms with E-state index in [2.05, 4.69) is 9.97 Å². The van der Waals surface area contributed by atoms with E-state index >= 15 is 0 Å². The van der Waals surface area contributed by atoms with Crippen LogP contribution in [-0.2, 0) is 0 Å². The maximum atomic E-state index is 10.7. The summed E-state index contributed by atoms with van der Waals surface area (Å²) in [5.41, 5.74) is 1.59. The molecule has 1 heterocycles. The molecule has 0 fully saturated rings. The molecule has 18 heavy (non-hydrogen) atoms. The molecule has 1 aromatic carbocycles. The molecule has 0 radical (unpaired) electrons. The summed E-state index contributed by atoms with van der Waals surface area (Å²) >= 11 is 0. The summed E-state index contributed by atoms with van der Waals surface area (Å²) in [7, 11) is 0. The summed E-state index contributed by atoms with van der Waals surface area (Å²) in [5.74, 6) is 0.381. The highest BCUT2D eigenvalue weighted by atomic mass is 16.6. The molecule has 0 atom stereocenters. The summed E-state index contributed by atoms with van der Waals surface area (Å²) in [6, 6.07) is 7.44. The molecule has 0 unspecified atom stereocenters. The average molecular weight is 243 g/mol. The third-order valence-electron chi connectivity index (χ3n) is 2.33. The lowest BCUT2D eigenvalue weighted by molar-refractivity contribution is -0.384. The fourth-order valence-corrected chi connectivity index (χ4v) is 1.51. The molecular formula is C12H9N3O3. The van der Waals surface area contributed by atoms with Gasteiger partial charge in [0.15, 0.2) is 12.1 Å². The Bertz CT molecular complexity index is 608. The van der Waals surface area contributed by atoms with Gasteiger partial charge in [-0.1, -0.05) is 0 Å². The molecule has 0 aliphatic heterocycles. The van der Waals surface area contributed by atoms with Crippen LogP contribution in [0.5, 0.6) is 0 Å². The Morgan fingerprint density at radius 3 is 2.44 bits per heavy atom. The molecule has 0 N–H and O–H groups in total. The number of benzene rings is 1. The lowest BCUT2D eigenvalue weighted by Crippen LogP contribution is -1.97. The zero-order chi connectivity index (χ0) is 13.1. The minimum Gasteiger partial charge on any atom is -0.296 e. The summed E-state index contributed by atoms with van der Waals surface area (Å²) in [6.07, 6.45) is 0.642. The maximum absolute atomic E-state index is 10.7. The number of aldehydes is 1. The Kier molecular flexibility index (Phi) is 3.09. The standard InChI is InChI=1S/C12H9N3O3/c1-8-6-10(7-16)14-12(13-8)9-2-4-11(5-3-9)15(17)18/h2-7H,1H3. The van der Waals surface area contributed by atoms with Crippen LogP contribution < -0.4 is 0 Å². The number of rotatable bonds is 3.